The number of carbonyl (C=O) groups is 2. The summed E-state index contributed by atoms with van der Waals surface area (Å²) in [6.07, 6.45) is 1.53. The molecular formula is C22H27ClN4O5. The molecule has 32 heavy (non-hydrogen) atoms. The molecule has 9 nitrogen and oxygen atoms in total. The van der Waals surface area contributed by atoms with Crippen molar-refractivity contribution in [1.82, 2.24) is 9.88 Å². The minimum atomic E-state index is -0.377. The predicted molar refractivity (Wildman–Crippen MR) is 122 cm³/mol. The van der Waals surface area contributed by atoms with Crippen molar-refractivity contribution in [2.24, 2.45) is 0 Å². The minimum absolute atomic E-state index is 0.155. The smallest absolute Gasteiger partial charge is 0.339 e. The van der Waals surface area contributed by atoms with Crippen LogP contribution in [0, 0.1) is 0 Å². The number of benzene rings is 1. The maximum Gasteiger partial charge on any atom is 0.339 e. The predicted octanol–water partition coefficient (Wildman–Crippen LogP) is 2.69. The van der Waals surface area contributed by atoms with Crippen LogP contribution < -0.4 is 19.7 Å². The zero-order valence-corrected chi connectivity index (χ0v) is 19.1. The van der Waals surface area contributed by atoms with Crippen LogP contribution in [-0.4, -0.2) is 75.3 Å². The van der Waals surface area contributed by atoms with Crippen LogP contribution in [0.2, 0.25) is 5.02 Å². The van der Waals surface area contributed by atoms with E-state index in [0.29, 0.717) is 47.5 Å². The number of aromatic nitrogens is 1. The lowest BCUT2D eigenvalue weighted by Gasteiger charge is -2.35. The lowest BCUT2D eigenvalue weighted by Crippen LogP contribution is -2.48. The highest BCUT2D eigenvalue weighted by atomic mass is 35.5. The number of halogens is 1. The summed E-state index contributed by atoms with van der Waals surface area (Å²) in [7, 11) is 3.03. The quantitative estimate of drug-likeness (QED) is 0.598. The summed E-state index contributed by atoms with van der Waals surface area (Å²) in [5.41, 5.74) is 0.934. The first-order valence-electron chi connectivity index (χ1n) is 10.3. The Morgan fingerprint density at radius 2 is 1.81 bits per heavy atom. The van der Waals surface area contributed by atoms with E-state index in [1.807, 2.05) is 6.07 Å². The van der Waals surface area contributed by atoms with Gasteiger partial charge in [-0.15, -0.1) is 0 Å². The van der Waals surface area contributed by atoms with Crippen LogP contribution in [0.3, 0.4) is 0 Å². The Morgan fingerprint density at radius 1 is 1.09 bits per heavy atom. The third-order valence-corrected chi connectivity index (χ3v) is 5.37. The molecule has 0 spiro atoms. The van der Waals surface area contributed by atoms with Crippen molar-refractivity contribution in [3.8, 4) is 11.5 Å². The molecule has 1 aliphatic rings. The van der Waals surface area contributed by atoms with Crippen LogP contribution in [0.5, 0.6) is 11.5 Å². The summed E-state index contributed by atoms with van der Waals surface area (Å²) in [5.74, 6) is 1.18. The van der Waals surface area contributed by atoms with Crippen LogP contribution >= 0.6 is 11.6 Å². The number of carbonyl (C=O) groups excluding carboxylic acids is 2. The van der Waals surface area contributed by atoms with Crippen molar-refractivity contribution in [3.05, 3.63) is 41.0 Å². The van der Waals surface area contributed by atoms with E-state index < -0.39 is 0 Å². The van der Waals surface area contributed by atoms with E-state index in [2.05, 4.69) is 20.1 Å². The molecule has 0 aliphatic carbocycles. The molecule has 1 fully saturated rings. The number of nitrogens with zero attached hydrogens (tertiary/aromatic N) is 3. The molecule has 0 radical (unpaired) electrons. The van der Waals surface area contributed by atoms with E-state index in [1.54, 1.807) is 25.1 Å². The molecule has 1 N–H and O–H groups in total. The summed E-state index contributed by atoms with van der Waals surface area (Å²) in [4.78, 5) is 32.9. The second-order valence-electron chi connectivity index (χ2n) is 7.12. The lowest BCUT2D eigenvalue weighted by atomic mass is 10.2. The Morgan fingerprint density at radius 3 is 2.41 bits per heavy atom. The van der Waals surface area contributed by atoms with E-state index in [-0.39, 0.29) is 18.4 Å². The summed E-state index contributed by atoms with van der Waals surface area (Å²) in [6, 6.07) is 6.78. The van der Waals surface area contributed by atoms with Gasteiger partial charge < -0.3 is 24.4 Å². The number of rotatable bonds is 8. The van der Waals surface area contributed by atoms with Crippen LogP contribution in [-0.2, 0) is 9.53 Å². The largest absolute Gasteiger partial charge is 0.495 e. The summed E-state index contributed by atoms with van der Waals surface area (Å²) in [6.45, 7) is 5.19. The Labute approximate surface area is 192 Å². The zero-order chi connectivity index (χ0) is 23.1. The molecule has 0 atom stereocenters. The summed E-state index contributed by atoms with van der Waals surface area (Å²) in [5, 5.41) is 3.27. The van der Waals surface area contributed by atoms with Crippen molar-refractivity contribution < 1.29 is 23.8 Å². The second kappa shape index (κ2) is 11.0. The van der Waals surface area contributed by atoms with Gasteiger partial charge in [0.1, 0.15) is 17.3 Å². The monoisotopic (exact) mass is 462 g/mol. The highest BCUT2D eigenvalue weighted by Crippen LogP contribution is 2.35. The van der Waals surface area contributed by atoms with Gasteiger partial charge in [0.05, 0.1) is 43.6 Å². The summed E-state index contributed by atoms with van der Waals surface area (Å²) >= 11 is 6.12. The Hall–Kier alpha value is -3.04. The number of nitrogens with one attached hydrogen (secondary N) is 1. The summed E-state index contributed by atoms with van der Waals surface area (Å²) < 4.78 is 15.5. The molecule has 3 rings (SSSR count). The Bertz CT molecular complexity index is 946. The highest BCUT2D eigenvalue weighted by molar-refractivity contribution is 6.32. The molecule has 172 valence electrons. The van der Waals surface area contributed by atoms with Gasteiger partial charge >= 0.3 is 5.97 Å². The molecule has 10 heteroatoms. The van der Waals surface area contributed by atoms with Crippen molar-refractivity contribution in [2.75, 3.05) is 63.8 Å². The number of anilines is 2. The lowest BCUT2D eigenvalue weighted by molar-refractivity contribution is -0.117. The van der Waals surface area contributed by atoms with Crippen molar-refractivity contribution >= 4 is 35.0 Å². The molecule has 0 bridgehead atoms. The average molecular weight is 463 g/mol. The number of piperazine rings is 1. The van der Waals surface area contributed by atoms with E-state index in [4.69, 9.17) is 25.8 Å². The van der Waals surface area contributed by atoms with Gasteiger partial charge in [0.2, 0.25) is 5.91 Å². The van der Waals surface area contributed by atoms with Crippen molar-refractivity contribution in [1.29, 1.82) is 0 Å². The van der Waals surface area contributed by atoms with Gasteiger partial charge in [-0.2, -0.15) is 0 Å². The minimum Gasteiger partial charge on any atom is -0.495 e. The van der Waals surface area contributed by atoms with Gasteiger partial charge in [-0.25, -0.2) is 9.78 Å². The molecule has 1 aliphatic heterocycles. The molecule has 1 amide bonds. The molecular weight excluding hydrogens is 436 g/mol. The van der Waals surface area contributed by atoms with E-state index in [9.17, 15) is 9.59 Å². The van der Waals surface area contributed by atoms with E-state index in [1.165, 1.54) is 20.4 Å². The third kappa shape index (κ3) is 5.80. The van der Waals surface area contributed by atoms with Crippen LogP contribution in [0.15, 0.2) is 30.5 Å². The number of pyridine rings is 1. The molecule has 2 aromatic rings. The average Bonchev–Trinajstić information content (AvgIpc) is 2.80. The normalized spacial score (nSPS) is 14.1. The Kier molecular flexibility index (Phi) is 8.13. The van der Waals surface area contributed by atoms with Gasteiger partial charge in [0.15, 0.2) is 0 Å². The van der Waals surface area contributed by atoms with Gasteiger partial charge in [0, 0.05) is 44.5 Å². The molecule has 1 aromatic carbocycles. The fourth-order valence-electron chi connectivity index (χ4n) is 3.39. The maximum absolute atomic E-state index is 12.6. The Balaban J connectivity index is 1.53. The number of methoxy groups -OCH3 is 2. The molecule has 1 aromatic heterocycles. The first-order chi connectivity index (χ1) is 15.4. The molecule has 0 unspecified atom stereocenters. The van der Waals surface area contributed by atoms with Crippen LogP contribution in [0.1, 0.15) is 17.3 Å². The van der Waals surface area contributed by atoms with Crippen LogP contribution in [0.4, 0.5) is 11.5 Å². The fraction of sp³-hybridized carbons (Fsp3) is 0.409. The fourth-order valence-corrected chi connectivity index (χ4v) is 3.63. The molecule has 0 saturated carbocycles. The van der Waals surface area contributed by atoms with E-state index in [0.717, 1.165) is 18.9 Å². The van der Waals surface area contributed by atoms with E-state index >= 15 is 0 Å². The highest BCUT2D eigenvalue weighted by Gasteiger charge is 2.21. The number of hydrogen-bond acceptors (Lipinski definition) is 8. The number of amides is 1. The number of esters is 1. The van der Waals surface area contributed by atoms with Gasteiger partial charge in [-0.05, 0) is 19.1 Å². The van der Waals surface area contributed by atoms with Gasteiger partial charge in [-0.3, -0.25) is 9.69 Å². The standard InChI is InChI=1S/C22H27ClN4O5/c1-4-32-22(29)15-5-6-20(24-13-15)27-9-7-26(8-10-27)14-21(28)25-17-12-18(30-2)16(23)11-19(17)31-3/h5-6,11-13H,4,7-10,14H2,1-3H3,(H,25,28). The zero-order valence-electron chi connectivity index (χ0n) is 18.4. The second-order valence-corrected chi connectivity index (χ2v) is 7.53. The molecule has 1 saturated heterocycles. The number of hydrogen-bond donors (Lipinski definition) is 1. The van der Waals surface area contributed by atoms with Crippen molar-refractivity contribution in [2.45, 2.75) is 6.92 Å². The SMILES string of the molecule is CCOC(=O)c1ccc(N2CCN(CC(=O)Nc3cc(OC)c(Cl)cc3OC)CC2)nc1. The number of ether oxygens (including phenoxy) is 3. The van der Waals surface area contributed by atoms with Gasteiger partial charge in [-0.1, -0.05) is 11.6 Å². The van der Waals surface area contributed by atoms with Crippen LogP contribution in [0.25, 0.3) is 0 Å². The first kappa shape index (κ1) is 23.6. The maximum atomic E-state index is 12.6. The third-order valence-electron chi connectivity index (χ3n) is 5.07. The first-order valence-corrected chi connectivity index (χ1v) is 10.6. The topological polar surface area (TPSA) is 93.2 Å². The van der Waals surface area contributed by atoms with Gasteiger partial charge in [0.25, 0.3) is 0 Å². The van der Waals surface area contributed by atoms with Crippen molar-refractivity contribution in [3.63, 3.8) is 0 Å². The molecule has 2 heterocycles.